The van der Waals surface area contributed by atoms with Crippen LogP contribution in [0.5, 0.6) is 0 Å². The summed E-state index contributed by atoms with van der Waals surface area (Å²) in [6.07, 6.45) is 1.91. The Morgan fingerprint density at radius 1 is 1.27 bits per heavy atom. The summed E-state index contributed by atoms with van der Waals surface area (Å²) in [7, 11) is 3.93. The van der Waals surface area contributed by atoms with Gasteiger partial charge >= 0.3 is 0 Å². The Balaban J connectivity index is 1.89. The molecule has 1 heterocycles. The summed E-state index contributed by atoms with van der Waals surface area (Å²) in [4.78, 5) is 7.65. The van der Waals surface area contributed by atoms with Gasteiger partial charge in [-0.05, 0) is 27.9 Å². The van der Waals surface area contributed by atoms with Gasteiger partial charge in [0.2, 0.25) is 0 Å². The van der Waals surface area contributed by atoms with Gasteiger partial charge in [0.25, 0.3) is 0 Å². The molecule has 0 bridgehead atoms. The van der Waals surface area contributed by atoms with Crippen molar-refractivity contribution in [2.45, 2.75) is 26.0 Å². The van der Waals surface area contributed by atoms with Crippen LogP contribution in [0.1, 0.15) is 17.4 Å². The summed E-state index contributed by atoms with van der Waals surface area (Å²) in [6.45, 7) is 5.86. The van der Waals surface area contributed by atoms with Gasteiger partial charge in [0.05, 0.1) is 5.60 Å². The molecular formula is C17H25N3OS. The standard InChI is InChI=1S/C17H25N3OS/c1-13-5-7-14(8-6-13)16-19-10-15(22-16)9-18-11-17(2,21)12-20(3)4/h5-8,10,18,21H,9,11-12H2,1-4H3. The molecular weight excluding hydrogens is 294 g/mol. The lowest BCUT2D eigenvalue weighted by molar-refractivity contribution is 0.0336. The third kappa shape index (κ3) is 5.18. The van der Waals surface area contributed by atoms with Gasteiger partial charge in [-0.25, -0.2) is 4.98 Å². The molecule has 0 aliphatic carbocycles. The van der Waals surface area contributed by atoms with Gasteiger partial charge in [-0.1, -0.05) is 29.8 Å². The number of nitrogens with one attached hydrogen (secondary N) is 1. The maximum absolute atomic E-state index is 10.3. The van der Waals surface area contributed by atoms with Crippen molar-refractivity contribution in [3.63, 3.8) is 0 Å². The maximum atomic E-state index is 10.3. The van der Waals surface area contributed by atoms with E-state index in [0.717, 1.165) is 17.1 Å². The van der Waals surface area contributed by atoms with Crippen molar-refractivity contribution in [2.75, 3.05) is 27.2 Å². The zero-order chi connectivity index (χ0) is 16.2. The van der Waals surface area contributed by atoms with Crippen LogP contribution in [0.4, 0.5) is 0 Å². The van der Waals surface area contributed by atoms with Gasteiger partial charge in [-0.3, -0.25) is 0 Å². The molecule has 2 N–H and O–H groups in total. The molecule has 1 aromatic carbocycles. The van der Waals surface area contributed by atoms with E-state index in [4.69, 9.17) is 0 Å². The molecule has 1 unspecified atom stereocenters. The SMILES string of the molecule is Cc1ccc(-c2ncc(CNCC(C)(O)CN(C)C)s2)cc1. The molecule has 120 valence electrons. The first-order chi connectivity index (χ1) is 10.4. The van der Waals surface area contributed by atoms with Crippen LogP contribution in [0, 0.1) is 6.92 Å². The first-order valence-electron chi connectivity index (χ1n) is 7.45. The number of aryl methyl sites for hydroxylation is 1. The minimum atomic E-state index is -0.728. The van der Waals surface area contributed by atoms with E-state index in [2.05, 4.69) is 41.5 Å². The molecule has 1 aromatic heterocycles. The number of benzene rings is 1. The summed E-state index contributed by atoms with van der Waals surface area (Å²) in [5.74, 6) is 0. The van der Waals surface area contributed by atoms with Gasteiger partial charge < -0.3 is 15.3 Å². The largest absolute Gasteiger partial charge is 0.388 e. The van der Waals surface area contributed by atoms with Gasteiger partial charge in [0, 0.05) is 36.3 Å². The highest BCUT2D eigenvalue weighted by atomic mass is 32.1. The summed E-state index contributed by atoms with van der Waals surface area (Å²) in [5, 5.41) is 14.6. The Hall–Kier alpha value is -1.27. The molecule has 0 fully saturated rings. The topological polar surface area (TPSA) is 48.4 Å². The molecule has 5 heteroatoms. The molecule has 22 heavy (non-hydrogen) atoms. The molecule has 0 saturated heterocycles. The Bertz CT molecular complexity index is 590. The number of hydrogen-bond donors (Lipinski definition) is 2. The van der Waals surface area contributed by atoms with Crippen molar-refractivity contribution in [3.05, 3.63) is 40.9 Å². The fraction of sp³-hybridized carbons (Fsp3) is 0.471. The van der Waals surface area contributed by atoms with Crippen molar-refractivity contribution in [2.24, 2.45) is 0 Å². The van der Waals surface area contributed by atoms with Crippen LogP contribution >= 0.6 is 11.3 Å². The molecule has 0 saturated carbocycles. The predicted octanol–water partition coefficient (Wildman–Crippen LogP) is 2.52. The summed E-state index contributed by atoms with van der Waals surface area (Å²) in [6, 6.07) is 8.42. The quantitative estimate of drug-likeness (QED) is 0.823. The van der Waals surface area contributed by atoms with Crippen LogP contribution in [0.25, 0.3) is 10.6 Å². The second kappa shape index (κ2) is 7.33. The number of hydrogen-bond acceptors (Lipinski definition) is 5. The second-order valence-electron chi connectivity index (χ2n) is 6.34. The third-order valence-corrected chi connectivity index (χ3v) is 4.36. The molecule has 0 spiro atoms. The minimum Gasteiger partial charge on any atom is -0.388 e. The number of aromatic nitrogens is 1. The first-order valence-corrected chi connectivity index (χ1v) is 8.27. The zero-order valence-corrected chi connectivity index (χ0v) is 14.6. The van der Waals surface area contributed by atoms with Crippen LogP contribution in [0.3, 0.4) is 0 Å². The Morgan fingerprint density at radius 2 is 1.95 bits per heavy atom. The molecule has 1 atom stereocenters. The van der Waals surface area contributed by atoms with Crippen molar-refractivity contribution in [3.8, 4) is 10.6 Å². The lowest BCUT2D eigenvalue weighted by atomic mass is 10.1. The minimum absolute atomic E-state index is 0.558. The highest BCUT2D eigenvalue weighted by molar-refractivity contribution is 7.15. The average Bonchev–Trinajstić information content (AvgIpc) is 2.86. The van der Waals surface area contributed by atoms with Gasteiger partial charge in [0.1, 0.15) is 5.01 Å². The summed E-state index contributed by atoms with van der Waals surface area (Å²) in [5.41, 5.74) is 1.68. The number of nitrogens with zero attached hydrogens (tertiary/aromatic N) is 2. The fourth-order valence-corrected chi connectivity index (χ4v) is 3.30. The lowest BCUT2D eigenvalue weighted by Gasteiger charge is -2.27. The molecule has 2 rings (SSSR count). The van der Waals surface area contributed by atoms with E-state index in [-0.39, 0.29) is 0 Å². The van der Waals surface area contributed by atoms with Crippen molar-refractivity contribution >= 4 is 11.3 Å². The molecule has 0 aliphatic rings. The van der Waals surface area contributed by atoms with E-state index in [1.807, 2.05) is 32.1 Å². The first kappa shape index (κ1) is 17.1. The smallest absolute Gasteiger partial charge is 0.123 e. The molecule has 0 aliphatic heterocycles. The molecule has 4 nitrogen and oxygen atoms in total. The maximum Gasteiger partial charge on any atom is 0.123 e. The number of likely N-dealkylation sites (N-methyl/N-ethyl adjacent to an activating group) is 1. The van der Waals surface area contributed by atoms with Crippen LogP contribution < -0.4 is 5.32 Å². The van der Waals surface area contributed by atoms with Crippen molar-refractivity contribution < 1.29 is 5.11 Å². The average molecular weight is 319 g/mol. The fourth-order valence-electron chi connectivity index (χ4n) is 2.41. The molecule has 0 radical (unpaired) electrons. The Kier molecular flexibility index (Phi) is 5.69. The monoisotopic (exact) mass is 319 g/mol. The molecule has 0 amide bonds. The van der Waals surface area contributed by atoms with E-state index >= 15 is 0 Å². The van der Waals surface area contributed by atoms with Crippen molar-refractivity contribution in [1.82, 2.24) is 15.2 Å². The lowest BCUT2D eigenvalue weighted by Crippen LogP contribution is -2.45. The van der Waals surface area contributed by atoms with Gasteiger partial charge in [-0.15, -0.1) is 11.3 Å². The van der Waals surface area contributed by atoms with Crippen LogP contribution in [-0.2, 0) is 6.54 Å². The highest BCUT2D eigenvalue weighted by Gasteiger charge is 2.20. The number of aliphatic hydroxyl groups is 1. The Morgan fingerprint density at radius 3 is 2.59 bits per heavy atom. The molecule has 2 aromatic rings. The second-order valence-corrected chi connectivity index (χ2v) is 7.45. The van der Waals surface area contributed by atoms with Crippen LogP contribution in [0.15, 0.2) is 30.5 Å². The van der Waals surface area contributed by atoms with Gasteiger partial charge in [-0.2, -0.15) is 0 Å². The highest BCUT2D eigenvalue weighted by Crippen LogP contribution is 2.25. The van der Waals surface area contributed by atoms with Crippen LogP contribution in [-0.4, -0.2) is 47.8 Å². The summed E-state index contributed by atoms with van der Waals surface area (Å²) < 4.78 is 0. The van der Waals surface area contributed by atoms with E-state index in [1.54, 1.807) is 11.3 Å². The summed E-state index contributed by atoms with van der Waals surface area (Å²) >= 11 is 1.69. The number of thiazole rings is 1. The zero-order valence-electron chi connectivity index (χ0n) is 13.8. The van der Waals surface area contributed by atoms with E-state index in [0.29, 0.717) is 13.1 Å². The Labute approximate surface area is 136 Å². The van der Waals surface area contributed by atoms with E-state index in [1.165, 1.54) is 10.4 Å². The van der Waals surface area contributed by atoms with Crippen molar-refractivity contribution in [1.29, 1.82) is 0 Å². The normalized spacial score (nSPS) is 14.3. The van der Waals surface area contributed by atoms with E-state index < -0.39 is 5.60 Å². The van der Waals surface area contributed by atoms with E-state index in [9.17, 15) is 5.11 Å². The van der Waals surface area contributed by atoms with Gasteiger partial charge in [0.15, 0.2) is 0 Å². The predicted molar refractivity (Wildman–Crippen MR) is 93.2 cm³/mol. The van der Waals surface area contributed by atoms with Crippen LogP contribution in [0.2, 0.25) is 0 Å². The third-order valence-electron chi connectivity index (χ3n) is 3.31. The number of rotatable bonds is 7.